The molecule has 1 aromatic carbocycles. The van der Waals surface area contributed by atoms with Crippen LogP contribution in [-0.2, 0) is 13.2 Å². The third-order valence-corrected chi connectivity index (χ3v) is 4.12. The van der Waals surface area contributed by atoms with Gasteiger partial charge in [0.1, 0.15) is 18.2 Å². The van der Waals surface area contributed by atoms with Crippen molar-refractivity contribution in [3.8, 4) is 5.75 Å². The van der Waals surface area contributed by atoms with E-state index in [0.717, 1.165) is 5.56 Å². The van der Waals surface area contributed by atoms with Crippen molar-refractivity contribution in [1.82, 2.24) is 14.8 Å². The van der Waals surface area contributed by atoms with Gasteiger partial charge in [-0.25, -0.2) is 4.98 Å². The predicted octanol–water partition coefficient (Wildman–Crippen LogP) is 3.90. The first kappa shape index (κ1) is 17.5. The summed E-state index contributed by atoms with van der Waals surface area (Å²) in [4.78, 5) is 4.29. The summed E-state index contributed by atoms with van der Waals surface area (Å²) in [6.07, 6.45) is 3.39. The number of rotatable bonds is 7. The van der Waals surface area contributed by atoms with Gasteiger partial charge in [0.15, 0.2) is 5.82 Å². The Labute approximate surface area is 155 Å². The molecule has 0 spiro atoms. The fourth-order valence-electron chi connectivity index (χ4n) is 2.15. The molecule has 0 atom stereocenters. The van der Waals surface area contributed by atoms with E-state index < -0.39 is 0 Å². The van der Waals surface area contributed by atoms with Gasteiger partial charge < -0.3 is 15.2 Å². The number of aliphatic hydroxyl groups is 1. The first-order valence-corrected chi connectivity index (χ1v) is 8.34. The standard InChI is InChI=1S/C17H16Cl2N4O2/c18-14-2-1-3-15(19)13(14)11-25-12-4-5-16(20-10-12)21-17-6-7-23(22-17)8-9-24/h1-7,10,24H,8-9,11H2,(H,20,21,22). The van der Waals surface area contributed by atoms with Crippen molar-refractivity contribution in [1.29, 1.82) is 0 Å². The van der Waals surface area contributed by atoms with E-state index in [1.807, 2.05) is 0 Å². The van der Waals surface area contributed by atoms with E-state index in [-0.39, 0.29) is 13.2 Å². The Kier molecular flexibility index (Phi) is 5.75. The summed E-state index contributed by atoms with van der Waals surface area (Å²) in [5.41, 5.74) is 0.738. The predicted molar refractivity (Wildman–Crippen MR) is 97.6 cm³/mol. The van der Waals surface area contributed by atoms with Gasteiger partial charge in [-0.15, -0.1) is 0 Å². The summed E-state index contributed by atoms with van der Waals surface area (Å²) >= 11 is 12.2. The number of aliphatic hydroxyl groups excluding tert-OH is 1. The molecular weight excluding hydrogens is 363 g/mol. The van der Waals surface area contributed by atoms with Crippen LogP contribution in [0.2, 0.25) is 10.0 Å². The maximum Gasteiger partial charge on any atom is 0.153 e. The Balaban J connectivity index is 1.60. The highest BCUT2D eigenvalue weighted by Crippen LogP contribution is 2.26. The lowest BCUT2D eigenvalue weighted by atomic mass is 10.2. The number of hydrogen-bond acceptors (Lipinski definition) is 5. The summed E-state index contributed by atoms with van der Waals surface area (Å²) in [6.45, 7) is 0.756. The lowest BCUT2D eigenvalue weighted by Gasteiger charge is -2.10. The second-order valence-electron chi connectivity index (χ2n) is 5.18. The fourth-order valence-corrected chi connectivity index (χ4v) is 2.66. The molecule has 8 heteroatoms. The molecule has 6 nitrogen and oxygen atoms in total. The number of pyridine rings is 1. The highest BCUT2D eigenvalue weighted by atomic mass is 35.5. The van der Waals surface area contributed by atoms with Gasteiger partial charge in [-0.3, -0.25) is 4.68 Å². The second kappa shape index (κ2) is 8.20. The summed E-state index contributed by atoms with van der Waals surface area (Å²) in [5, 5.41) is 17.4. The number of ether oxygens (including phenoxy) is 1. The summed E-state index contributed by atoms with van der Waals surface area (Å²) in [6, 6.07) is 10.7. The molecule has 25 heavy (non-hydrogen) atoms. The van der Waals surface area contributed by atoms with Crippen molar-refractivity contribution in [2.45, 2.75) is 13.2 Å². The molecule has 3 aromatic rings. The van der Waals surface area contributed by atoms with E-state index in [1.165, 1.54) is 0 Å². The van der Waals surface area contributed by atoms with Crippen molar-refractivity contribution in [3.63, 3.8) is 0 Å². The number of nitrogens with one attached hydrogen (secondary N) is 1. The molecule has 0 aliphatic carbocycles. The van der Waals surface area contributed by atoms with Gasteiger partial charge in [0.2, 0.25) is 0 Å². The van der Waals surface area contributed by atoms with Crippen molar-refractivity contribution < 1.29 is 9.84 Å². The molecule has 2 aromatic heterocycles. The Morgan fingerprint density at radius 3 is 2.56 bits per heavy atom. The van der Waals surface area contributed by atoms with Gasteiger partial charge in [0.05, 0.1) is 19.3 Å². The van der Waals surface area contributed by atoms with Crippen LogP contribution in [0, 0.1) is 0 Å². The monoisotopic (exact) mass is 378 g/mol. The highest BCUT2D eigenvalue weighted by molar-refractivity contribution is 6.35. The molecular formula is C17H16Cl2N4O2. The van der Waals surface area contributed by atoms with Crippen LogP contribution in [0.25, 0.3) is 0 Å². The number of halogens is 2. The minimum atomic E-state index is 0.0425. The van der Waals surface area contributed by atoms with Crippen LogP contribution in [0.4, 0.5) is 11.6 Å². The Morgan fingerprint density at radius 2 is 1.88 bits per heavy atom. The fraction of sp³-hybridized carbons (Fsp3) is 0.176. The number of hydrogen-bond donors (Lipinski definition) is 2. The number of benzene rings is 1. The molecule has 3 rings (SSSR count). The van der Waals surface area contributed by atoms with E-state index in [1.54, 1.807) is 53.5 Å². The van der Waals surface area contributed by atoms with Crippen LogP contribution in [-0.4, -0.2) is 26.5 Å². The molecule has 0 aliphatic heterocycles. The van der Waals surface area contributed by atoms with E-state index in [2.05, 4.69) is 15.4 Å². The Bertz CT molecular complexity index is 817. The minimum absolute atomic E-state index is 0.0425. The Morgan fingerprint density at radius 1 is 1.08 bits per heavy atom. The quantitative estimate of drug-likeness (QED) is 0.652. The largest absolute Gasteiger partial charge is 0.487 e. The first-order chi connectivity index (χ1) is 12.2. The van der Waals surface area contributed by atoms with Gasteiger partial charge in [-0.2, -0.15) is 5.10 Å². The molecule has 0 radical (unpaired) electrons. The molecule has 0 bridgehead atoms. The molecule has 0 saturated heterocycles. The van der Waals surface area contributed by atoms with Crippen LogP contribution in [0.1, 0.15) is 5.56 Å². The number of aromatic nitrogens is 3. The summed E-state index contributed by atoms with van der Waals surface area (Å²) < 4.78 is 7.33. The average Bonchev–Trinajstić information content (AvgIpc) is 3.03. The molecule has 0 saturated carbocycles. The van der Waals surface area contributed by atoms with E-state index in [0.29, 0.717) is 34.0 Å². The third-order valence-electron chi connectivity index (χ3n) is 3.41. The summed E-state index contributed by atoms with van der Waals surface area (Å²) in [5.74, 6) is 1.89. The second-order valence-corrected chi connectivity index (χ2v) is 6.00. The molecule has 2 N–H and O–H groups in total. The van der Waals surface area contributed by atoms with Gasteiger partial charge in [0.25, 0.3) is 0 Å². The zero-order chi connectivity index (χ0) is 17.6. The number of anilines is 2. The minimum Gasteiger partial charge on any atom is -0.487 e. The highest BCUT2D eigenvalue weighted by Gasteiger charge is 2.07. The zero-order valence-electron chi connectivity index (χ0n) is 13.2. The van der Waals surface area contributed by atoms with Crippen LogP contribution in [0.15, 0.2) is 48.8 Å². The van der Waals surface area contributed by atoms with Crippen LogP contribution >= 0.6 is 23.2 Å². The Hall–Kier alpha value is -2.28. The molecule has 0 amide bonds. The summed E-state index contributed by atoms with van der Waals surface area (Å²) in [7, 11) is 0. The van der Waals surface area contributed by atoms with E-state index in [9.17, 15) is 0 Å². The van der Waals surface area contributed by atoms with E-state index >= 15 is 0 Å². The molecule has 2 heterocycles. The molecule has 0 unspecified atom stereocenters. The molecule has 130 valence electrons. The third kappa shape index (κ3) is 4.63. The topological polar surface area (TPSA) is 72.2 Å². The smallest absolute Gasteiger partial charge is 0.153 e. The van der Waals surface area contributed by atoms with Gasteiger partial charge >= 0.3 is 0 Å². The van der Waals surface area contributed by atoms with Gasteiger partial charge in [0, 0.05) is 27.9 Å². The molecule has 0 fully saturated rings. The van der Waals surface area contributed by atoms with E-state index in [4.69, 9.17) is 33.0 Å². The number of nitrogens with zero attached hydrogens (tertiary/aromatic N) is 3. The maximum atomic E-state index is 8.89. The maximum absolute atomic E-state index is 8.89. The van der Waals surface area contributed by atoms with Crippen LogP contribution in [0.5, 0.6) is 5.75 Å². The van der Waals surface area contributed by atoms with Crippen LogP contribution < -0.4 is 10.1 Å². The van der Waals surface area contributed by atoms with Gasteiger partial charge in [-0.1, -0.05) is 29.3 Å². The van der Waals surface area contributed by atoms with Crippen molar-refractivity contribution in [2.75, 3.05) is 11.9 Å². The van der Waals surface area contributed by atoms with Crippen molar-refractivity contribution in [2.24, 2.45) is 0 Å². The average molecular weight is 379 g/mol. The normalized spacial score (nSPS) is 10.7. The lowest BCUT2D eigenvalue weighted by Crippen LogP contribution is -2.03. The first-order valence-electron chi connectivity index (χ1n) is 7.59. The van der Waals surface area contributed by atoms with Crippen LogP contribution in [0.3, 0.4) is 0 Å². The SMILES string of the molecule is OCCn1ccc(Nc2ccc(OCc3c(Cl)cccc3Cl)cn2)n1. The van der Waals surface area contributed by atoms with Gasteiger partial charge in [-0.05, 0) is 24.3 Å². The lowest BCUT2D eigenvalue weighted by molar-refractivity contribution is 0.269. The van der Waals surface area contributed by atoms with Crippen molar-refractivity contribution >= 4 is 34.8 Å². The van der Waals surface area contributed by atoms with Crippen molar-refractivity contribution in [3.05, 3.63) is 64.4 Å². The zero-order valence-corrected chi connectivity index (χ0v) is 14.7. The molecule has 0 aliphatic rings.